The fourth-order valence-electron chi connectivity index (χ4n) is 2.10. The predicted molar refractivity (Wildman–Crippen MR) is 78.9 cm³/mol. The fraction of sp³-hybridized carbons (Fsp3) is 0.286. The maximum absolute atomic E-state index is 13.9. The molecule has 1 heterocycles. The van der Waals surface area contributed by atoms with E-state index in [0.717, 1.165) is 11.3 Å². The van der Waals surface area contributed by atoms with Gasteiger partial charge in [0.05, 0.1) is 11.1 Å². The topological polar surface area (TPSA) is 38.0 Å². The highest BCUT2D eigenvalue weighted by molar-refractivity contribution is 7.10. The maximum atomic E-state index is 13.9. The Balaban J connectivity index is 2.27. The largest absolute Gasteiger partial charge is 0.271 e. The van der Waals surface area contributed by atoms with Gasteiger partial charge in [-0.3, -0.25) is 11.3 Å². The quantitative estimate of drug-likeness (QED) is 0.650. The average Bonchev–Trinajstić information content (AvgIpc) is 2.88. The molecule has 102 valence electrons. The zero-order valence-electron chi connectivity index (χ0n) is 10.6. The van der Waals surface area contributed by atoms with Crippen LogP contribution in [-0.4, -0.2) is 0 Å². The molecule has 0 saturated heterocycles. The SMILES string of the molecule is CCc1ccsc1C(Cc1cccc(Cl)c1F)NN. The number of benzene rings is 1. The van der Waals surface area contributed by atoms with E-state index in [1.54, 1.807) is 29.5 Å². The van der Waals surface area contributed by atoms with E-state index in [1.807, 2.05) is 5.38 Å². The molecule has 2 nitrogen and oxygen atoms in total. The second-order valence-electron chi connectivity index (χ2n) is 4.30. The fourth-order valence-corrected chi connectivity index (χ4v) is 3.35. The van der Waals surface area contributed by atoms with Crippen LogP contribution >= 0.6 is 22.9 Å². The third-order valence-electron chi connectivity index (χ3n) is 3.13. The van der Waals surface area contributed by atoms with Crippen LogP contribution in [0.3, 0.4) is 0 Å². The van der Waals surface area contributed by atoms with Crippen LogP contribution in [0.2, 0.25) is 5.02 Å². The lowest BCUT2D eigenvalue weighted by Crippen LogP contribution is -2.29. The second kappa shape index (κ2) is 6.48. The van der Waals surface area contributed by atoms with E-state index in [4.69, 9.17) is 17.4 Å². The van der Waals surface area contributed by atoms with Crippen LogP contribution in [0.25, 0.3) is 0 Å². The molecule has 0 saturated carbocycles. The molecule has 0 radical (unpaired) electrons. The van der Waals surface area contributed by atoms with Gasteiger partial charge in [-0.2, -0.15) is 0 Å². The molecular weight excluding hydrogens is 283 g/mol. The van der Waals surface area contributed by atoms with E-state index in [2.05, 4.69) is 18.4 Å². The molecule has 0 fully saturated rings. The first-order valence-electron chi connectivity index (χ1n) is 6.12. The van der Waals surface area contributed by atoms with Crippen LogP contribution in [0.15, 0.2) is 29.6 Å². The van der Waals surface area contributed by atoms with E-state index >= 15 is 0 Å². The smallest absolute Gasteiger partial charge is 0.145 e. The molecule has 0 spiro atoms. The molecule has 0 amide bonds. The summed E-state index contributed by atoms with van der Waals surface area (Å²) < 4.78 is 13.9. The molecule has 3 N–H and O–H groups in total. The number of hydrogen-bond donors (Lipinski definition) is 2. The van der Waals surface area contributed by atoms with E-state index in [-0.39, 0.29) is 16.9 Å². The molecule has 5 heteroatoms. The predicted octanol–water partition coefficient (Wildman–Crippen LogP) is 3.85. The van der Waals surface area contributed by atoms with E-state index in [9.17, 15) is 4.39 Å². The molecule has 0 aliphatic carbocycles. The third kappa shape index (κ3) is 3.15. The number of aryl methyl sites for hydroxylation is 1. The molecule has 2 rings (SSSR count). The molecule has 0 bridgehead atoms. The van der Waals surface area contributed by atoms with Crippen LogP contribution in [0.4, 0.5) is 4.39 Å². The minimum Gasteiger partial charge on any atom is -0.271 e. The molecular formula is C14H16ClFN2S. The number of hydrogen-bond acceptors (Lipinski definition) is 3. The van der Waals surface area contributed by atoms with Gasteiger partial charge in [0.2, 0.25) is 0 Å². The van der Waals surface area contributed by atoms with Gasteiger partial charge in [0.1, 0.15) is 5.82 Å². The number of hydrazine groups is 1. The average molecular weight is 299 g/mol. The Morgan fingerprint density at radius 1 is 1.37 bits per heavy atom. The van der Waals surface area contributed by atoms with Crippen LogP contribution in [0.1, 0.15) is 29.0 Å². The van der Waals surface area contributed by atoms with Gasteiger partial charge in [-0.1, -0.05) is 30.7 Å². The van der Waals surface area contributed by atoms with Crippen LogP contribution < -0.4 is 11.3 Å². The number of halogens is 2. The van der Waals surface area contributed by atoms with E-state index < -0.39 is 0 Å². The van der Waals surface area contributed by atoms with Crippen LogP contribution in [0, 0.1) is 5.82 Å². The van der Waals surface area contributed by atoms with Crippen molar-refractivity contribution in [2.24, 2.45) is 5.84 Å². The summed E-state index contributed by atoms with van der Waals surface area (Å²) in [5.41, 5.74) is 4.60. The number of rotatable bonds is 5. The van der Waals surface area contributed by atoms with E-state index in [1.165, 1.54) is 5.56 Å². The van der Waals surface area contributed by atoms with Crippen molar-refractivity contribution in [3.8, 4) is 0 Å². The Hall–Kier alpha value is -0.940. The highest BCUT2D eigenvalue weighted by Gasteiger charge is 2.18. The van der Waals surface area contributed by atoms with Gasteiger partial charge < -0.3 is 0 Å². The van der Waals surface area contributed by atoms with Gasteiger partial charge >= 0.3 is 0 Å². The summed E-state index contributed by atoms with van der Waals surface area (Å²) in [5, 5.41) is 2.18. The molecule has 1 aromatic carbocycles. The summed E-state index contributed by atoms with van der Waals surface area (Å²) in [5.74, 6) is 5.26. The van der Waals surface area contributed by atoms with Crippen molar-refractivity contribution in [3.63, 3.8) is 0 Å². The Morgan fingerprint density at radius 3 is 2.84 bits per heavy atom. The molecule has 1 unspecified atom stereocenters. The minimum atomic E-state index is -0.362. The third-order valence-corrected chi connectivity index (χ3v) is 4.50. The number of nitrogens with two attached hydrogens (primary N) is 1. The van der Waals surface area contributed by atoms with Gasteiger partial charge in [0, 0.05) is 4.88 Å². The first kappa shape index (κ1) is 14.5. The molecule has 19 heavy (non-hydrogen) atoms. The molecule has 0 aliphatic rings. The molecule has 0 aliphatic heterocycles. The van der Waals surface area contributed by atoms with Crippen molar-refractivity contribution in [1.82, 2.24) is 5.43 Å². The highest BCUT2D eigenvalue weighted by atomic mass is 35.5. The summed E-state index contributed by atoms with van der Waals surface area (Å²) in [6.45, 7) is 2.10. The van der Waals surface area contributed by atoms with Crippen LogP contribution in [0.5, 0.6) is 0 Å². The van der Waals surface area contributed by atoms with Gasteiger partial charge in [0.25, 0.3) is 0 Å². The first-order chi connectivity index (χ1) is 9.17. The Bertz CT molecular complexity index is 556. The Kier molecular flexibility index (Phi) is 4.93. The van der Waals surface area contributed by atoms with Gasteiger partial charge in [0.15, 0.2) is 0 Å². The Labute approximate surface area is 121 Å². The van der Waals surface area contributed by atoms with Crippen molar-refractivity contribution in [2.75, 3.05) is 0 Å². The van der Waals surface area contributed by atoms with Crippen molar-refractivity contribution in [3.05, 3.63) is 56.5 Å². The number of thiophene rings is 1. The van der Waals surface area contributed by atoms with Crippen molar-refractivity contribution < 1.29 is 4.39 Å². The normalized spacial score (nSPS) is 12.6. The van der Waals surface area contributed by atoms with Crippen molar-refractivity contribution in [1.29, 1.82) is 0 Å². The highest BCUT2D eigenvalue weighted by Crippen LogP contribution is 2.29. The van der Waals surface area contributed by atoms with E-state index in [0.29, 0.717) is 12.0 Å². The summed E-state index contributed by atoms with van der Waals surface area (Å²) in [6.07, 6.45) is 1.42. The summed E-state index contributed by atoms with van der Waals surface area (Å²) in [6, 6.07) is 7.03. The molecule has 1 atom stereocenters. The summed E-state index contributed by atoms with van der Waals surface area (Å²) in [7, 11) is 0. The lowest BCUT2D eigenvalue weighted by molar-refractivity contribution is 0.533. The summed E-state index contributed by atoms with van der Waals surface area (Å²) in [4.78, 5) is 1.16. The van der Waals surface area contributed by atoms with Gasteiger partial charge in [-0.05, 0) is 41.5 Å². The second-order valence-corrected chi connectivity index (χ2v) is 5.65. The minimum absolute atomic E-state index is 0.0945. The molecule has 1 aromatic heterocycles. The zero-order valence-corrected chi connectivity index (χ0v) is 12.2. The lowest BCUT2D eigenvalue weighted by atomic mass is 10.0. The Morgan fingerprint density at radius 2 is 2.16 bits per heavy atom. The summed E-state index contributed by atoms with van der Waals surface area (Å²) >= 11 is 7.44. The number of nitrogens with one attached hydrogen (secondary N) is 1. The van der Waals surface area contributed by atoms with Gasteiger partial charge in [-0.25, -0.2) is 4.39 Å². The lowest BCUT2D eigenvalue weighted by Gasteiger charge is -2.17. The molecule has 2 aromatic rings. The van der Waals surface area contributed by atoms with Crippen LogP contribution in [-0.2, 0) is 12.8 Å². The van der Waals surface area contributed by atoms with Crippen molar-refractivity contribution >= 4 is 22.9 Å². The standard InChI is InChI=1S/C14H16ClFN2S/c1-2-9-6-7-19-14(9)12(18-17)8-10-4-3-5-11(15)13(10)16/h3-7,12,18H,2,8,17H2,1H3. The monoisotopic (exact) mass is 298 g/mol. The first-order valence-corrected chi connectivity index (χ1v) is 7.38. The maximum Gasteiger partial charge on any atom is 0.145 e. The van der Waals surface area contributed by atoms with Gasteiger partial charge in [-0.15, -0.1) is 11.3 Å². The zero-order chi connectivity index (χ0) is 13.8. The van der Waals surface area contributed by atoms with Crippen molar-refractivity contribution in [2.45, 2.75) is 25.8 Å².